The zero-order valence-electron chi connectivity index (χ0n) is 10.6. The molecule has 16 heavy (non-hydrogen) atoms. The number of hydrogen-bond donors (Lipinski definition) is 1. The molecule has 1 unspecified atom stereocenters. The molecule has 1 saturated carbocycles. The minimum absolute atomic E-state index is 0.0128. The molecule has 1 aliphatic carbocycles. The highest BCUT2D eigenvalue weighted by Gasteiger charge is 2.54. The van der Waals surface area contributed by atoms with Gasteiger partial charge in [0.25, 0.3) is 0 Å². The molecule has 3 rings (SSSR count). The highest BCUT2D eigenvalue weighted by Crippen LogP contribution is 2.52. The lowest BCUT2D eigenvalue weighted by Crippen LogP contribution is -2.63. The number of piperidine rings is 1. The molecule has 0 aromatic rings. The van der Waals surface area contributed by atoms with E-state index in [-0.39, 0.29) is 5.72 Å². The Morgan fingerprint density at radius 3 is 2.44 bits per heavy atom. The summed E-state index contributed by atoms with van der Waals surface area (Å²) in [5.74, 6) is 0. The van der Waals surface area contributed by atoms with Crippen molar-refractivity contribution in [3.63, 3.8) is 0 Å². The third-order valence-electron chi connectivity index (χ3n) is 5.04. The van der Waals surface area contributed by atoms with Crippen LogP contribution in [-0.4, -0.2) is 42.9 Å². The summed E-state index contributed by atoms with van der Waals surface area (Å²) in [6.07, 6.45) is 5.03. The molecule has 3 aliphatic rings. The van der Waals surface area contributed by atoms with Crippen molar-refractivity contribution in [2.75, 3.05) is 26.2 Å². The normalized spacial score (nSPS) is 36.8. The Kier molecular flexibility index (Phi) is 2.54. The summed E-state index contributed by atoms with van der Waals surface area (Å²) in [7, 11) is 0. The highest BCUT2D eigenvalue weighted by atomic mass is 16.5. The second kappa shape index (κ2) is 3.69. The standard InChI is InChI=1S/C13H24N2O/c1-3-15-8-6-13(7-9-15)14-11(2)12(4-5-12)10-16-13/h11,14H,3-10H2,1-2H3. The Morgan fingerprint density at radius 1 is 1.25 bits per heavy atom. The van der Waals surface area contributed by atoms with Crippen molar-refractivity contribution in [2.45, 2.75) is 51.3 Å². The molecule has 2 aliphatic heterocycles. The van der Waals surface area contributed by atoms with Gasteiger partial charge in [-0.3, -0.25) is 5.32 Å². The van der Waals surface area contributed by atoms with Gasteiger partial charge in [-0.25, -0.2) is 0 Å². The first-order chi connectivity index (χ1) is 7.68. The molecule has 2 saturated heterocycles. The predicted octanol–water partition coefficient (Wildman–Crippen LogP) is 1.59. The van der Waals surface area contributed by atoms with Crippen LogP contribution in [0, 0.1) is 5.41 Å². The molecule has 3 heteroatoms. The van der Waals surface area contributed by atoms with Gasteiger partial charge in [0, 0.05) is 37.4 Å². The van der Waals surface area contributed by atoms with Gasteiger partial charge >= 0.3 is 0 Å². The summed E-state index contributed by atoms with van der Waals surface area (Å²) in [5.41, 5.74) is 0.520. The van der Waals surface area contributed by atoms with Gasteiger partial charge in [-0.1, -0.05) is 6.92 Å². The molecule has 0 aromatic carbocycles. The van der Waals surface area contributed by atoms with Crippen molar-refractivity contribution in [1.29, 1.82) is 0 Å². The number of ether oxygens (including phenoxy) is 1. The summed E-state index contributed by atoms with van der Waals surface area (Å²) in [4.78, 5) is 2.52. The summed E-state index contributed by atoms with van der Waals surface area (Å²) < 4.78 is 6.21. The number of nitrogens with one attached hydrogen (secondary N) is 1. The van der Waals surface area contributed by atoms with E-state index in [0.29, 0.717) is 11.5 Å². The lowest BCUT2D eigenvalue weighted by Gasteiger charge is -2.49. The maximum Gasteiger partial charge on any atom is 0.121 e. The van der Waals surface area contributed by atoms with Crippen LogP contribution in [0.25, 0.3) is 0 Å². The van der Waals surface area contributed by atoms with E-state index in [4.69, 9.17) is 4.74 Å². The van der Waals surface area contributed by atoms with Gasteiger partial charge < -0.3 is 9.64 Å². The van der Waals surface area contributed by atoms with Gasteiger partial charge in [0.05, 0.1) is 6.61 Å². The summed E-state index contributed by atoms with van der Waals surface area (Å²) in [5, 5.41) is 3.78. The number of likely N-dealkylation sites (tertiary alicyclic amines) is 1. The van der Waals surface area contributed by atoms with Crippen LogP contribution in [0.4, 0.5) is 0 Å². The van der Waals surface area contributed by atoms with E-state index in [2.05, 4.69) is 24.1 Å². The van der Waals surface area contributed by atoms with Gasteiger partial charge in [0.1, 0.15) is 5.72 Å². The van der Waals surface area contributed by atoms with E-state index >= 15 is 0 Å². The van der Waals surface area contributed by atoms with Crippen LogP contribution in [0.15, 0.2) is 0 Å². The van der Waals surface area contributed by atoms with Crippen LogP contribution in [0.5, 0.6) is 0 Å². The Hall–Kier alpha value is -0.120. The number of nitrogens with zero attached hydrogens (tertiary/aromatic N) is 1. The minimum Gasteiger partial charge on any atom is -0.360 e. The van der Waals surface area contributed by atoms with Crippen LogP contribution >= 0.6 is 0 Å². The smallest absolute Gasteiger partial charge is 0.121 e. The van der Waals surface area contributed by atoms with E-state index in [0.717, 1.165) is 19.4 Å². The van der Waals surface area contributed by atoms with Crippen molar-refractivity contribution < 1.29 is 4.74 Å². The van der Waals surface area contributed by atoms with Crippen molar-refractivity contribution in [1.82, 2.24) is 10.2 Å². The fourth-order valence-corrected chi connectivity index (χ4v) is 3.25. The van der Waals surface area contributed by atoms with E-state index in [1.165, 1.54) is 32.5 Å². The third kappa shape index (κ3) is 1.69. The number of hydrogen-bond acceptors (Lipinski definition) is 3. The van der Waals surface area contributed by atoms with E-state index < -0.39 is 0 Å². The molecule has 0 bridgehead atoms. The Morgan fingerprint density at radius 2 is 1.94 bits per heavy atom. The molecule has 0 radical (unpaired) electrons. The first-order valence-electron chi connectivity index (χ1n) is 6.82. The fourth-order valence-electron chi connectivity index (χ4n) is 3.25. The molecule has 1 atom stereocenters. The van der Waals surface area contributed by atoms with E-state index in [1.54, 1.807) is 0 Å². The average molecular weight is 224 g/mol. The topological polar surface area (TPSA) is 24.5 Å². The van der Waals surface area contributed by atoms with Crippen LogP contribution in [0.3, 0.4) is 0 Å². The Labute approximate surface area is 98.5 Å². The van der Waals surface area contributed by atoms with Crippen LogP contribution in [0.1, 0.15) is 39.5 Å². The van der Waals surface area contributed by atoms with E-state index in [9.17, 15) is 0 Å². The summed E-state index contributed by atoms with van der Waals surface area (Å²) >= 11 is 0. The maximum atomic E-state index is 6.21. The minimum atomic E-state index is 0.0128. The molecule has 0 amide bonds. The monoisotopic (exact) mass is 224 g/mol. The van der Waals surface area contributed by atoms with Crippen LogP contribution in [-0.2, 0) is 4.74 Å². The SMILES string of the molecule is CCN1CCC2(CC1)NC(C)C1(CC1)CO2. The molecule has 0 aromatic heterocycles. The van der Waals surface area contributed by atoms with Gasteiger partial charge in [-0.05, 0) is 26.3 Å². The maximum absolute atomic E-state index is 6.21. The van der Waals surface area contributed by atoms with Crippen molar-refractivity contribution in [3.05, 3.63) is 0 Å². The zero-order valence-corrected chi connectivity index (χ0v) is 10.6. The van der Waals surface area contributed by atoms with Gasteiger partial charge in [0.2, 0.25) is 0 Å². The summed E-state index contributed by atoms with van der Waals surface area (Å²) in [6.45, 7) is 9.13. The molecular weight excluding hydrogens is 200 g/mol. The second-order valence-electron chi connectivity index (χ2n) is 5.95. The highest BCUT2D eigenvalue weighted by molar-refractivity contribution is 5.06. The Bertz CT molecular complexity index is 267. The van der Waals surface area contributed by atoms with Crippen molar-refractivity contribution in [2.24, 2.45) is 5.41 Å². The van der Waals surface area contributed by atoms with Gasteiger partial charge in [-0.15, -0.1) is 0 Å². The molecule has 92 valence electrons. The predicted molar refractivity (Wildman–Crippen MR) is 64.3 cm³/mol. The molecule has 1 N–H and O–H groups in total. The van der Waals surface area contributed by atoms with E-state index in [1.807, 2.05) is 0 Å². The van der Waals surface area contributed by atoms with Gasteiger partial charge in [0.15, 0.2) is 0 Å². The van der Waals surface area contributed by atoms with Crippen LogP contribution < -0.4 is 5.32 Å². The zero-order chi connectivity index (χ0) is 11.2. The van der Waals surface area contributed by atoms with Crippen molar-refractivity contribution in [3.8, 4) is 0 Å². The quantitative estimate of drug-likeness (QED) is 0.732. The molecule has 2 spiro atoms. The fraction of sp³-hybridized carbons (Fsp3) is 1.00. The summed E-state index contributed by atoms with van der Waals surface area (Å²) in [6, 6.07) is 0.648. The first kappa shape index (κ1) is 11.0. The molecule has 2 heterocycles. The molecular formula is C13H24N2O. The lowest BCUT2D eigenvalue weighted by molar-refractivity contribution is -0.162. The Balaban J connectivity index is 1.63. The van der Waals surface area contributed by atoms with Gasteiger partial charge in [-0.2, -0.15) is 0 Å². The van der Waals surface area contributed by atoms with Crippen LogP contribution in [0.2, 0.25) is 0 Å². The average Bonchev–Trinajstić information content (AvgIpc) is 3.07. The second-order valence-corrected chi connectivity index (χ2v) is 5.95. The number of rotatable bonds is 1. The lowest BCUT2D eigenvalue weighted by atomic mass is 9.90. The first-order valence-corrected chi connectivity index (χ1v) is 6.82. The molecule has 3 fully saturated rings. The molecule has 3 nitrogen and oxygen atoms in total. The van der Waals surface area contributed by atoms with Crippen molar-refractivity contribution >= 4 is 0 Å². The third-order valence-corrected chi connectivity index (χ3v) is 5.04. The largest absolute Gasteiger partial charge is 0.360 e.